The number of benzene rings is 1. The van der Waals surface area contributed by atoms with Crippen molar-refractivity contribution in [2.45, 2.75) is 32.4 Å². The Hall–Kier alpha value is -3.40. The summed E-state index contributed by atoms with van der Waals surface area (Å²) in [6.07, 6.45) is -4.51. The molecule has 0 amide bonds. The summed E-state index contributed by atoms with van der Waals surface area (Å²) in [5, 5.41) is 4.15. The van der Waals surface area contributed by atoms with Crippen molar-refractivity contribution in [3.63, 3.8) is 0 Å². The van der Waals surface area contributed by atoms with E-state index in [4.69, 9.17) is 9.26 Å². The molecule has 1 N–H and O–H groups in total. The quantitative estimate of drug-likeness (QED) is 0.429. The minimum Gasteiger partial charge on any atom is -0.378 e. The molecule has 0 saturated carbocycles. The lowest BCUT2D eigenvalue weighted by molar-refractivity contribution is -0.137. The SMILES string of the molecule is CC(C)(C)c1cc(-c2nc3cc(-c4ccccc4C(F)(F)F)nc(N4CCOCC4)c3[nH]2)on1. The number of halogens is 3. The lowest BCUT2D eigenvalue weighted by Gasteiger charge is -2.28. The van der Waals surface area contributed by atoms with E-state index in [1.165, 1.54) is 12.1 Å². The van der Waals surface area contributed by atoms with Crippen LogP contribution in [0.3, 0.4) is 0 Å². The van der Waals surface area contributed by atoms with Crippen molar-refractivity contribution >= 4 is 16.9 Å². The summed E-state index contributed by atoms with van der Waals surface area (Å²) in [5.41, 5.74) is 1.15. The van der Waals surface area contributed by atoms with Gasteiger partial charge in [-0.25, -0.2) is 9.97 Å². The van der Waals surface area contributed by atoms with Gasteiger partial charge in [0.25, 0.3) is 0 Å². The first-order chi connectivity index (χ1) is 16.1. The van der Waals surface area contributed by atoms with Gasteiger partial charge in [0.05, 0.1) is 35.7 Å². The number of aromatic nitrogens is 4. The Labute approximate surface area is 193 Å². The highest BCUT2D eigenvalue weighted by Gasteiger charge is 2.34. The smallest absolute Gasteiger partial charge is 0.378 e. The van der Waals surface area contributed by atoms with Gasteiger partial charge in [0.1, 0.15) is 5.52 Å². The molecule has 5 rings (SSSR count). The number of H-pyrrole nitrogens is 1. The zero-order valence-electron chi connectivity index (χ0n) is 19.0. The van der Waals surface area contributed by atoms with Crippen molar-refractivity contribution in [2.75, 3.05) is 31.2 Å². The van der Waals surface area contributed by atoms with Gasteiger partial charge >= 0.3 is 6.18 Å². The molecule has 0 bridgehead atoms. The number of morpholine rings is 1. The van der Waals surface area contributed by atoms with Crippen LogP contribution in [0.15, 0.2) is 40.9 Å². The van der Waals surface area contributed by atoms with E-state index in [9.17, 15) is 13.2 Å². The van der Waals surface area contributed by atoms with Gasteiger partial charge in [0.15, 0.2) is 11.6 Å². The maximum absolute atomic E-state index is 13.7. The van der Waals surface area contributed by atoms with Crippen molar-refractivity contribution in [2.24, 2.45) is 0 Å². The van der Waals surface area contributed by atoms with Crippen LogP contribution in [0.4, 0.5) is 19.0 Å². The van der Waals surface area contributed by atoms with Crippen LogP contribution in [0.5, 0.6) is 0 Å². The minimum absolute atomic E-state index is 0.00523. The first-order valence-electron chi connectivity index (χ1n) is 11.0. The number of aromatic amines is 1. The molecular formula is C24H24F3N5O2. The second-order valence-corrected chi connectivity index (χ2v) is 9.28. The van der Waals surface area contributed by atoms with E-state index >= 15 is 0 Å². The van der Waals surface area contributed by atoms with Gasteiger partial charge in [0, 0.05) is 30.1 Å². The highest BCUT2D eigenvalue weighted by atomic mass is 19.4. The topological polar surface area (TPSA) is 80.1 Å². The Balaban J connectivity index is 1.68. The van der Waals surface area contributed by atoms with Gasteiger partial charge in [-0.05, 0) is 12.1 Å². The number of anilines is 1. The number of fused-ring (bicyclic) bond motifs is 1. The van der Waals surface area contributed by atoms with Crippen LogP contribution in [-0.4, -0.2) is 46.4 Å². The fourth-order valence-corrected chi connectivity index (χ4v) is 3.95. The predicted molar refractivity (Wildman–Crippen MR) is 122 cm³/mol. The molecule has 34 heavy (non-hydrogen) atoms. The normalized spacial score (nSPS) is 15.3. The van der Waals surface area contributed by atoms with E-state index in [0.29, 0.717) is 54.7 Å². The number of ether oxygens (including phenoxy) is 1. The largest absolute Gasteiger partial charge is 0.417 e. The standard InChI is InChI=1S/C24H24F3N5O2/c1-23(2,3)19-13-18(34-31-19)21-28-17-12-16(14-6-4-5-7-15(14)24(25,26)27)29-22(20(17)30-21)32-8-10-33-11-9-32/h4-7,12-13H,8-11H2,1-3H3,(H,28,30). The lowest BCUT2D eigenvalue weighted by Crippen LogP contribution is -2.37. The van der Waals surface area contributed by atoms with E-state index in [1.807, 2.05) is 31.7 Å². The second-order valence-electron chi connectivity index (χ2n) is 9.28. The molecule has 4 heterocycles. The number of pyridine rings is 1. The predicted octanol–water partition coefficient (Wildman–Crippen LogP) is 5.43. The van der Waals surface area contributed by atoms with Crippen molar-refractivity contribution in [3.05, 3.63) is 47.7 Å². The molecule has 1 aliphatic rings. The van der Waals surface area contributed by atoms with Crippen molar-refractivity contribution in [3.8, 4) is 22.8 Å². The second kappa shape index (κ2) is 8.12. The number of hydrogen-bond donors (Lipinski definition) is 1. The summed E-state index contributed by atoms with van der Waals surface area (Å²) in [5.74, 6) is 1.42. The molecule has 1 saturated heterocycles. The van der Waals surface area contributed by atoms with E-state index in [2.05, 4.69) is 20.1 Å². The minimum atomic E-state index is -4.51. The van der Waals surface area contributed by atoms with E-state index < -0.39 is 11.7 Å². The number of imidazole rings is 1. The van der Waals surface area contributed by atoms with Crippen LogP contribution in [0.25, 0.3) is 33.9 Å². The average Bonchev–Trinajstić information content (AvgIpc) is 3.45. The monoisotopic (exact) mass is 471 g/mol. The van der Waals surface area contributed by atoms with Crippen LogP contribution in [-0.2, 0) is 16.3 Å². The first kappa shape index (κ1) is 22.4. The molecule has 1 aromatic carbocycles. The van der Waals surface area contributed by atoms with Gasteiger partial charge in [-0.15, -0.1) is 0 Å². The lowest BCUT2D eigenvalue weighted by atomic mass is 9.92. The van der Waals surface area contributed by atoms with E-state index in [1.54, 1.807) is 12.1 Å². The molecule has 0 unspecified atom stereocenters. The maximum atomic E-state index is 13.7. The molecule has 178 valence electrons. The molecule has 0 radical (unpaired) electrons. The number of hydrogen-bond acceptors (Lipinski definition) is 6. The van der Waals surface area contributed by atoms with Crippen molar-refractivity contribution in [1.82, 2.24) is 20.1 Å². The van der Waals surface area contributed by atoms with Gasteiger partial charge in [-0.1, -0.05) is 44.1 Å². The van der Waals surface area contributed by atoms with Crippen molar-refractivity contribution < 1.29 is 22.4 Å². The van der Waals surface area contributed by atoms with Gasteiger partial charge in [-0.2, -0.15) is 13.2 Å². The zero-order chi connectivity index (χ0) is 24.1. The molecule has 10 heteroatoms. The molecule has 3 aromatic heterocycles. The molecule has 4 aromatic rings. The fourth-order valence-electron chi connectivity index (χ4n) is 3.95. The molecule has 1 fully saturated rings. The van der Waals surface area contributed by atoms with Crippen LogP contribution in [0.2, 0.25) is 0 Å². The molecule has 0 spiro atoms. The summed E-state index contributed by atoms with van der Waals surface area (Å²) < 4.78 is 52.2. The van der Waals surface area contributed by atoms with Gasteiger partial charge in [-0.3, -0.25) is 0 Å². The molecule has 1 aliphatic heterocycles. The number of nitrogens with one attached hydrogen (secondary N) is 1. The summed E-state index contributed by atoms with van der Waals surface area (Å²) in [6.45, 7) is 8.22. The Morgan fingerprint density at radius 1 is 1.00 bits per heavy atom. The Morgan fingerprint density at radius 3 is 2.41 bits per heavy atom. The Bertz CT molecular complexity index is 1330. The highest BCUT2D eigenvalue weighted by Crippen LogP contribution is 2.39. The molecular weight excluding hydrogens is 447 g/mol. The van der Waals surface area contributed by atoms with E-state index in [-0.39, 0.29) is 16.7 Å². The van der Waals surface area contributed by atoms with Gasteiger partial charge in [0.2, 0.25) is 5.76 Å². The number of alkyl halides is 3. The van der Waals surface area contributed by atoms with E-state index in [0.717, 1.165) is 11.8 Å². The van der Waals surface area contributed by atoms with Crippen LogP contribution >= 0.6 is 0 Å². The van der Waals surface area contributed by atoms with Crippen LogP contribution in [0.1, 0.15) is 32.0 Å². The van der Waals surface area contributed by atoms with Crippen LogP contribution in [0, 0.1) is 0 Å². The molecule has 0 atom stereocenters. The van der Waals surface area contributed by atoms with Crippen LogP contribution < -0.4 is 4.90 Å². The molecule has 0 aliphatic carbocycles. The third-order valence-corrected chi connectivity index (χ3v) is 5.79. The summed E-state index contributed by atoms with van der Waals surface area (Å²) in [6, 6.07) is 8.83. The fraction of sp³-hybridized carbons (Fsp3) is 0.375. The first-order valence-corrected chi connectivity index (χ1v) is 11.0. The summed E-state index contributed by atoms with van der Waals surface area (Å²) in [4.78, 5) is 14.6. The third kappa shape index (κ3) is 4.13. The Morgan fingerprint density at radius 2 is 1.74 bits per heavy atom. The Kier molecular flexibility index (Phi) is 5.35. The number of rotatable bonds is 3. The summed E-state index contributed by atoms with van der Waals surface area (Å²) in [7, 11) is 0. The highest BCUT2D eigenvalue weighted by molar-refractivity contribution is 5.92. The maximum Gasteiger partial charge on any atom is 0.417 e. The third-order valence-electron chi connectivity index (χ3n) is 5.79. The van der Waals surface area contributed by atoms with Gasteiger partial charge < -0.3 is 19.1 Å². The van der Waals surface area contributed by atoms with Crippen molar-refractivity contribution in [1.29, 1.82) is 0 Å². The summed E-state index contributed by atoms with van der Waals surface area (Å²) >= 11 is 0. The average molecular weight is 471 g/mol. The molecule has 7 nitrogen and oxygen atoms in total. The number of nitrogens with zero attached hydrogens (tertiary/aromatic N) is 4. The zero-order valence-corrected chi connectivity index (χ0v) is 19.0.